The van der Waals surface area contributed by atoms with Crippen molar-refractivity contribution in [2.45, 2.75) is 13.8 Å². The van der Waals surface area contributed by atoms with Gasteiger partial charge in [0, 0.05) is 26.2 Å². The molecule has 17 heavy (non-hydrogen) atoms. The molecule has 0 radical (unpaired) electrons. The number of piperazine rings is 1. The summed E-state index contributed by atoms with van der Waals surface area (Å²) in [5.41, 5.74) is 4.36. The van der Waals surface area contributed by atoms with Crippen LogP contribution in [0.3, 0.4) is 0 Å². The second-order valence-electron chi connectivity index (χ2n) is 4.64. The summed E-state index contributed by atoms with van der Waals surface area (Å²) in [6.07, 6.45) is 0. The van der Waals surface area contributed by atoms with E-state index in [4.69, 9.17) is 4.42 Å². The summed E-state index contributed by atoms with van der Waals surface area (Å²) >= 11 is 0. The largest absolute Gasteiger partial charge is 0.423 e. The Kier molecular flexibility index (Phi) is 2.52. The number of rotatable bonds is 1. The van der Waals surface area contributed by atoms with Crippen molar-refractivity contribution in [2.24, 2.45) is 0 Å². The van der Waals surface area contributed by atoms with Crippen LogP contribution in [0.5, 0.6) is 0 Å². The fourth-order valence-corrected chi connectivity index (χ4v) is 2.16. The third-order valence-corrected chi connectivity index (χ3v) is 3.38. The van der Waals surface area contributed by atoms with Crippen LogP contribution in [0.4, 0.5) is 6.01 Å². The van der Waals surface area contributed by atoms with Crippen molar-refractivity contribution in [3.8, 4) is 0 Å². The number of hydrogen-bond donors (Lipinski definition) is 1. The lowest BCUT2D eigenvalue weighted by atomic mass is 10.1. The number of fused-ring (bicyclic) bond motifs is 1. The first-order valence-corrected chi connectivity index (χ1v) is 6.07. The van der Waals surface area contributed by atoms with Crippen LogP contribution in [0.1, 0.15) is 11.1 Å². The van der Waals surface area contributed by atoms with Crippen molar-refractivity contribution in [3.63, 3.8) is 0 Å². The maximum Gasteiger partial charge on any atom is 0.298 e. The van der Waals surface area contributed by atoms with Gasteiger partial charge in [-0.2, -0.15) is 4.98 Å². The number of oxazole rings is 1. The third-order valence-electron chi connectivity index (χ3n) is 3.38. The van der Waals surface area contributed by atoms with Crippen LogP contribution >= 0.6 is 0 Å². The molecule has 0 atom stereocenters. The zero-order valence-corrected chi connectivity index (χ0v) is 10.3. The molecular formula is C13H17N3O. The number of nitrogens with one attached hydrogen (secondary N) is 1. The molecule has 4 heteroatoms. The molecule has 0 saturated carbocycles. The average Bonchev–Trinajstić information content (AvgIpc) is 2.74. The van der Waals surface area contributed by atoms with Gasteiger partial charge >= 0.3 is 0 Å². The van der Waals surface area contributed by atoms with Crippen molar-refractivity contribution in [1.29, 1.82) is 0 Å². The standard InChI is InChI=1S/C13H17N3O/c1-9-7-11-12(8-10(9)2)17-13(15-11)16-5-3-14-4-6-16/h7-8,14H,3-6H2,1-2H3. The van der Waals surface area contributed by atoms with Crippen molar-refractivity contribution in [2.75, 3.05) is 31.1 Å². The van der Waals surface area contributed by atoms with Crippen LogP contribution in [0.2, 0.25) is 0 Å². The molecule has 1 aliphatic rings. The van der Waals surface area contributed by atoms with Crippen LogP contribution in [0, 0.1) is 13.8 Å². The summed E-state index contributed by atoms with van der Waals surface area (Å²) in [4.78, 5) is 6.77. The van der Waals surface area contributed by atoms with Crippen molar-refractivity contribution >= 4 is 17.1 Å². The molecule has 1 N–H and O–H groups in total. The van der Waals surface area contributed by atoms with Gasteiger partial charge in [0.1, 0.15) is 5.52 Å². The molecule has 2 heterocycles. The molecule has 0 amide bonds. The summed E-state index contributed by atoms with van der Waals surface area (Å²) in [5, 5.41) is 3.33. The van der Waals surface area contributed by atoms with Gasteiger partial charge in [0.2, 0.25) is 0 Å². The van der Waals surface area contributed by atoms with Crippen LogP contribution in [0.25, 0.3) is 11.1 Å². The lowest BCUT2D eigenvalue weighted by molar-refractivity contribution is 0.517. The second kappa shape index (κ2) is 4.04. The van der Waals surface area contributed by atoms with Crippen molar-refractivity contribution in [1.82, 2.24) is 10.3 Å². The molecule has 4 nitrogen and oxygen atoms in total. The third kappa shape index (κ3) is 1.89. The molecule has 0 aliphatic carbocycles. The fourth-order valence-electron chi connectivity index (χ4n) is 2.16. The zero-order chi connectivity index (χ0) is 11.8. The molecule has 1 saturated heterocycles. The predicted molar refractivity (Wildman–Crippen MR) is 68.6 cm³/mol. The van der Waals surface area contributed by atoms with Gasteiger partial charge in [0.15, 0.2) is 5.58 Å². The van der Waals surface area contributed by atoms with E-state index in [1.54, 1.807) is 0 Å². The first-order chi connectivity index (χ1) is 8.24. The molecule has 1 aliphatic heterocycles. The Balaban J connectivity index is 2.00. The van der Waals surface area contributed by atoms with E-state index < -0.39 is 0 Å². The van der Waals surface area contributed by atoms with Gasteiger partial charge in [-0.3, -0.25) is 0 Å². The monoisotopic (exact) mass is 231 g/mol. The predicted octanol–water partition coefficient (Wildman–Crippen LogP) is 1.85. The first-order valence-electron chi connectivity index (χ1n) is 6.07. The Morgan fingerprint density at radius 1 is 1.18 bits per heavy atom. The quantitative estimate of drug-likeness (QED) is 0.813. The summed E-state index contributed by atoms with van der Waals surface area (Å²) < 4.78 is 5.83. The Bertz CT molecular complexity index is 502. The minimum atomic E-state index is 0.756. The number of hydrogen-bond acceptors (Lipinski definition) is 4. The smallest absolute Gasteiger partial charge is 0.298 e. The minimum absolute atomic E-state index is 0.756. The summed E-state index contributed by atoms with van der Waals surface area (Å²) in [7, 11) is 0. The van der Waals surface area contributed by atoms with Gasteiger partial charge in [0.25, 0.3) is 6.01 Å². The Morgan fingerprint density at radius 2 is 1.88 bits per heavy atom. The van der Waals surface area contributed by atoms with Crippen LogP contribution in [-0.2, 0) is 0 Å². The Morgan fingerprint density at radius 3 is 2.65 bits per heavy atom. The van der Waals surface area contributed by atoms with Crippen LogP contribution in [-0.4, -0.2) is 31.2 Å². The molecule has 1 aromatic carbocycles. The van der Waals surface area contributed by atoms with E-state index in [9.17, 15) is 0 Å². The van der Waals surface area contributed by atoms with E-state index in [1.165, 1.54) is 11.1 Å². The van der Waals surface area contributed by atoms with Crippen LogP contribution < -0.4 is 10.2 Å². The van der Waals surface area contributed by atoms with E-state index in [1.807, 2.05) is 0 Å². The van der Waals surface area contributed by atoms with Gasteiger partial charge < -0.3 is 14.6 Å². The molecule has 1 fully saturated rings. The highest BCUT2D eigenvalue weighted by molar-refractivity contribution is 5.76. The lowest BCUT2D eigenvalue weighted by Crippen LogP contribution is -2.43. The normalized spacial score (nSPS) is 16.7. The molecule has 2 aromatic rings. The van der Waals surface area contributed by atoms with E-state index in [0.717, 1.165) is 43.3 Å². The summed E-state index contributed by atoms with van der Waals surface area (Å²) in [6, 6.07) is 4.93. The molecule has 0 spiro atoms. The molecule has 90 valence electrons. The number of anilines is 1. The topological polar surface area (TPSA) is 41.3 Å². The Labute approximate surface area is 101 Å². The summed E-state index contributed by atoms with van der Waals surface area (Å²) in [5.74, 6) is 0. The number of benzene rings is 1. The fraction of sp³-hybridized carbons (Fsp3) is 0.462. The molecular weight excluding hydrogens is 214 g/mol. The van der Waals surface area contributed by atoms with Gasteiger partial charge in [-0.25, -0.2) is 0 Å². The van der Waals surface area contributed by atoms with Gasteiger partial charge in [-0.15, -0.1) is 0 Å². The van der Waals surface area contributed by atoms with Crippen LogP contribution in [0.15, 0.2) is 16.5 Å². The number of nitrogens with zero attached hydrogens (tertiary/aromatic N) is 2. The number of aryl methyl sites for hydroxylation is 2. The average molecular weight is 231 g/mol. The lowest BCUT2D eigenvalue weighted by Gasteiger charge is -2.25. The highest BCUT2D eigenvalue weighted by Crippen LogP contribution is 2.24. The highest BCUT2D eigenvalue weighted by atomic mass is 16.4. The van der Waals surface area contributed by atoms with E-state index in [2.05, 4.69) is 41.2 Å². The highest BCUT2D eigenvalue weighted by Gasteiger charge is 2.16. The molecule has 0 unspecified atom stereocenters. The Hall–Kier alpha value is -1.55. The van der Waals surface area contributed by atoms with Gasteiger partial charge in [-0.1, -0.05) is 0 Å². The molecule has 3 rings (SSSR count). The maximum absolute atomic E-state index is 5.83. The van der Waals surface area contributed by atoms with E-state index in [0.29, 0.717) is 0 Å². The van der Waals surface area contributed by atoms with E-state index >= 15 is 0 Å². The molecule has 0 bridgehead atoms. The first kappa shape index (κ1) is 10.6. The van der Waals surface area contributed by atoms with Crippen molar-refractivity contribution < 1.29 is 4.42 Å². The van der Waals surface area contributed by atoms with Crippen molar-refractivity contribution in [3.05, 3.63) is 23.3 Å². The van der Waals surface area contributed by atoms with Gasteiger partial charge in [-0.05, 0) is 37.1 Å². The SMILES string of the molecule is Cc1cc2nc(N3CCNCC3)oc2cc1C. The minimum Gasteiger partial charge on any atom is -0.423 e. The second-order valence-corrected chi connectivity index (χ2v) is 4.64. The van der Waals surface area contributed by atoms with E-state index in [-0.39, 0.29) is 0 Å². The number of aromatic nitrogens is 1. The zero-order valence-electron chi connectivity index (χ0n) is 10.3. The van der Waals surface area contributed by atoms with Gasteiger partial charge in [0.05, 0.1) is 0 Å². The maximum atomic E-state index is 5.83. The molecule has 1 aromatic heterocycles. The summed E-state index contributed by atoms with van der Waals surface area (Å²) in [6.45, 7) is 8.12.